The number of hydrogen-bond acceptors (Lipinski definition) is 5. The van der Waals surface area contributed by atoms with E-state index in [1.807, 2.05) is 26.0 Å². The van der Waals surface area contributed by atoms with Gasteiger partial charge in [-0.25, -0.2) is 0 Å². The number of rotatable bonds is 1. The Kier molecular flexibility index (Phi) is 4.66. The number of ketones is 2. The standard InChI is InChI=1S/C23H30O5/c1-13-17(26-5)8-7-16-18(13)20(24)21(25)19-15-9-11-23(16,19)27-12-6-10-22(3,4)28-14(15)2/h7-8,14-15,19H,6,9-12H2,1-5H3. The van der Waals surface area contributed by atoms with Crippen LogP contribution in [-0.2, 0) is 19.9 Å². The molecule has 1 aromatic carbocycles. The summed E-state index contributed by atoms with van der Waals surface area (Å²) in [5.74, 6) is -0.623. The van der Waals surface area contributed by atoms with E-state index in [4.69, 9.17) is 14.2 Å². The van der Waals surface area contributed by atoms with Crippen LogP contribution in [0.4, 0.5) is 0 Å². The Morgan fingerprint density at radius 2 is 1.93 bits per heavy atom. The second kappa shape index (κ2) is 6.67. The SMILES string of the molecule is COc1ccc2c(c1C)C(=O)C(=O)C1C3CCC21OCCCC(C)(C)OC3C. The summed E-state index contributed by atoms with van der Waals surface area (Å²) in [5.41, 5.74) is 1.05. The van der Waals surface area contributed by atoms with E-state index >= 15 is 0 Å². The van der Waals surface area contributed by atoms with Gasteiger partial charge >= 0.3 is 0 Å². The second-order valence-electron chi connectivity index (χ2n) is 9.11. The van der Waals surface area contributed by atoms with Crippen molar-refractivity contribution in [3.05, 3.63) is 28.8 Å². The minimum absolute atomic E-state index is 0.0237. The zero-order chi connectivity index (χ0) is 20.3. The third-order valence-electron chi connectivity index (χ3n) is 6.99. The van der Waals surface area contributed by atoms with Crippen molar-refractivity contribution in [2.45, 2.75) is 70.7 Å². The Bertz CT molecular complexity index is 827. The molecule has 1 saturated heterocycles. The number of methoxy groups -OCH3 is 1. The zero-order valence-electron chi connectivity index (χ0n) is 17.5. The number of fused-ring (bicyclic) bond motifs is 1. The van der Waals surface area contributed by atoms with Crippen LogP contribution in [0.15, 0.2) is 12.1 Å². The zero-order valence-corrected chi connectivity index (χ0v) is 17.5. The van der Waals surface area contributed by atoms with Crippen molar-refractivity contribution >= 4 is 11.6 Å². The van der Waals surface area contributed by atoms with E-state index in [1.54, 1.807) is 7.11 Å². The van der Waals surface area contributed by atoms with Gasteiger partial charge in [-0.3, -0.25) is 9.59 Å². The molecular formula is C23H30O5. The Morgan fingerprint density at radius 3 is 2.64 bits per heavy atom. The molecular weight excluding hydrogens is 356 g/mol. The maximum absolute atomic E-state index is 13.4. The summed E-state index contributed by atoms with van der Waals surface area (Å²) in [4.78, 5) is 26.5. The Hall–Kier alpha value is -1.72. The third-order valence-corrected chi connectivity index (χ3v) is 6.99. The van der Waals surface area contributed by atoms with Crippen LogP contribution in [-0.4, -0.2) is 37.0 Å². The summed E-state index contributed by atoms with van der Waals surface area (Å²) < 4.78 is 18.3. The molecule has 5 heteroatoms. The van der Waals surface area contributed by atoms with Crippen LogP contribution < -0.4 is 4.74 Å². The monoisotopic (exact) mass is 386 g/mol. The molecule has 2 bridgehead atoms. The summed E-state index contributed by atoms with van der Waals surface area (Å²) in [6, 6.07) is 3.82. The number of hydrogen-bond donors (Lipinski definition) is 0. The van der Waals surface area contributed by atoms with Crippen molar-refractivity contribution in [3.8, 4) is 5.75 Å². The van der Waals surface area contributed by atoms with E-state index in [0.717, 1.165) is 36.8 Å². The first-order valence-corrected chi connectivity index (χ1v) is 10.3. The van der Waals surface area contributed by atoms with E-state index in [0.29, 0.717) is 17.9 Å². The fourth-order valence-electron chi connectivity index (χ4n) is 5.73. The van der Waals surface area contributed by atoms with Gasteiger partial charge in [0.05, 0.1) is 24.7 Å². The molecule has 0 amide bonds. The number of carbonyl (C=O) groups is 2. The molecule has 2 aliphatic carbocycles. The van der Waals surface area contributed by atoms with E-state index in [2.05, 4.69) is 13.8 Å². The fourth-order valence-corrected chi connectivity index (χ4v) is 5.73. The van der Waals surface area contributed by atoms with E-state index in [9.17, 15) is 9.59 Å². The van der Waals surface area contributed by atoms with Crippen LogP contribution in [0.3, 0.4) is 0 Å². The Balaban J connectivity index is 1.88. The molecule has 2 fully saturated rings. The maximum atomic E-state index is 13.4. The Labute approximate surface area is 166 Å². The first-order chi connectivity index (χ1) is 13.2. The highest BCUT2D eigenvalue weighted by molar-refractivity contribution is 6.46. The van der Waals surface area contributed by atoms with Crippen LogP contribution in [0, 0.1) is 18.8 Å². The first-order valence-electron chi connectivity index (χ1n) is 10.3. The largest absolute Gasteiger partial charge is 0.496 e. The Morgan fingerprint density at radius 1 is 1.18 bits per heavy atom. The highest BCUT2D eigenvalue weighted by Gasteiger charge is 2.61. The topological polar surface area (TPSA) is 61.8 Å². The lowest BCUT2D eigenvalue weighted by atomic mass is 9.67. The quantitative estimate of drug-likeness (QED) is 0.683. The van der Waals surface area contributed by atoms with Gasteiger partial charge in [0.25, 0.3) is 0 Å². The molecule has 0 N–H and O–H groups in total. The molecule has 1 aromatic rings. The summed E-state index contributed by atoms with van der Waals surface area (Å²) in [7, 11) is 1.58. The second-order valence-corrected chi connectivity index (χ2v) is 9.11. The van der Waals surface area contributed by atoms with Gasteiger partial charge in [0.15, 0.2) is 0 Å². The van der Waals surface area contributed by atoms with Gasteiger partial charge in [-0.2, -0.15) is 0 Å². The van der Waals surface area contributed by atoms with Gasteiger partial charge in [-0.15, -0.1) is 0 Å². The molecule has 4 rings (SSSR count). The van der Waals surface area contributed by atoms with Crippen molar-refractivity contribution in [3.63, 3.8) is 0 Å². The van der Waals surface area contributed by atoms with Crippen LogP contribution in [0.5, 0.6) is 5.75 Å². The summed E-state index contributed by atoms with van der Waals surface area (Å²) >= 11 is 0. The maximum Gasteiger partial charge on any atom is 0.229 e. The number of carbonyl (C=O) groups excluding carboxylic acids is 2. The predicted octanol–water partition coefficient (Wildman–Crippen LogP) is 3.98. The van der Waals surface area contributed by atoms with Crippen molar-refractivity contribution in [2.24, 2.45) is 11.8 Å². The molecule has 0 aromatic heterocycles. The van der Waals surface area contributed by atoms with E-state index in [-0.39, 0.29) is 23.4 Å². The number of benzene rings is 1. The van der Waals surface area contributed by atoms with Crippen LogP contribution in [0.25, 0.3) is 0 Å². The molecule has 152 valence electrons. The van der Waals surface area contributed by atoms with Crippen molar-refractivity contribution in [1.29, 1.82) is 0 Å². The molecule has 1 aliphatic heterocycles. The van der Waals surface area contributed by atoms with Crippen LogP contribution in [0.1, 0.15) is 67.9 Å². The fraction of sp³-hybridized carbons (Fsp3) is 0.652. The smallest absolute Gasteiger partial charge is 0.229 e. The summed E-state index contributed by atoms with van der Waals surface area (Å²) in [6.45, 7) is 8.62. The summed E-state index contributed by atoms with van der Waals surface area (Å²) in [5, 5.41) is 0. The molecule has 3 aliphatic rings. The number of ether oxygens (including phenoxy) is 3. The minimum Gasteiger partial charge on any atom is -0.496 e. The predicted molar refractivity (Wildman–Crippen MR) is 105 cm³/mol. The summed E-state index contributed by atoms with van der Waals surface area (Å²) in [6.07, 6.45) is 3.18. The molecule has 28 heavy (non-hydrogen) atoms. The molecule has 0 radical (unpaired) electrons. The van der Waals surface area contributed by atoms with Crippen LogP contribution >= 0.6 is 0 Å². The van der Waals surface area contributed by atoms with E-state index < -0.39 is 17.3 Å². The van der Waals surface area contributed by atoms with Gasteiger partial charge in [-0.05, 0) is 70.9 Å². The molecule has 1 heterocycles. The third kappa shape index (κ3) is 2.74. The highest BCUT2D eigenvalue weighted by Crippen LogP contribution is 2.56. The lowest BCUT2D eigenvalue weighted by molar-refractivity contribution is -0.157. The molecule has 4 unspecified atom stereocenters. The van der Waals surface area contributed by atoms with E-state index in [1.165, 1.54) is 0 Å². The average Bonchev–Trinajstić information content (AvgIpc) is 3.03. The minimum atomic E-state index is -0.735. The molecule has 1 saturated carbocycles. The molecule has 4 atom stereocenters. The van der Waals surface area contributed by atoms with Crippen molar-refractivity contribution < 1.29 is 23.8 Å². The van der Waals surface area contributed by atoms with Crippen molar-refractivity contribution in [2.75, 3.05) is 13.7 Å². The van der Waals surface area contributed by atoms with Gasteiger partial charge in [0, 0.05) is 17.7 Å². The van der Waals surface area contributed by atoms with Crippen LogP contribution in [0.2, 0.25) is 0 Å². The molecule has 0 spiro atoms. The van der Waals surface area contributed by atoms with Gasteiger partial charge in [-0.1, -0.05) is 6.07 Å². The first kappa shape index (κ1) is 19.6. The lowest BCUT2D eigenvalue weighted by Gasteiger charge is -2.44. The molecule has 5 nitrogen and oxygen atoms in total. The highest BCUT2D eigenvalue weighted by atomic mass is 16.5. The number of Topliss-reactive ketones (excluding diaryl/α,β-unsaturated/α-hetero) is 2. The van der Waals surface area contributed by atoms with Gasteiger partial charge < -0.3 is 14.2 Å². The van der Waals surface area contributed by atoms with Gasteiger partial charge in [0.1, 0.15) is 11.4 Å². The lowest BCUT2D eigenvalue weighted by Crippen LogP contribution is -2.51. The average molecular weight is 386 g/mol. The van der Waals surface area contributed by atoms with Gasteiger partial charge in [0.2, 0.25) is 11.6 Å². The van der Waals surface area contributed by atoms with Crippen molar-refractivity contribution in [1.82, 2.24) is 0 Å². The normalized spacial score (nSPS) is 34.5.